The summed E-state index contributed by atoms with van der Waals surface area (Å²) in [7, 11) is 1.37. The van der Waals surface area contributed by atoms with E-state index < -0.39 is 0 Å². The Morgan fingerprint density at radius 3 is 2.89 bits per heavy atom. The first-order chi connectivity index (χ1) is 9.02. The molecule has 0 radical (unpaired) electrons. The van der Waals surface area contributed by atoms with E-state index in [1.807, 2.05) is 6.07 Å². The summed E-state index contributed by atoms with van der Waals surface area (Å²) in [5, 5.41) is 0.535. The smallest absolute Gasteiger partial charge is 0.310 e. The molecule has 4 nitrogen and oxygen atoms in total. The molecule has 1 atom stereocenters. The fourth-order valence-corrected chi connectivity index (χ4v) is 2.87. The molecule has 1 saturated heterocycles. The third-order valence-electron chi connectivity index (χ3n) is 3.17. The van der Waals surface area contributed by atoms with Gasteiger partial charge in [-0.15, -0.1) is 0 Å². The van der Waals surface area contributed by atoms with Gasteiger partial charge in [-0.2, -0.15) is 0 Å². The van der Waals surface area contributed by atoms with E-state index >= 15 is 0 Å². The Balaban J connectivity index is 2.13. The van der Waals surface area contributed by atoms with Gasteiger partial charge in [0.1, 0.15) is 0 Å². The van der Waals surface area contributed by atoms with Crippen LogP contribution in [0.5, 0.6) is 0 Å². The number of hydrogen-bond acceptors (Lipinski definition) is 3. The highest BCUT2D eigenvalue weighted by atomic mass is 127. The molecule has 6 heteroatoms. The zero-order valence-corrected chi connectivity index (χ0v) is 13.3. The molecule has 102 valence electrons. The van der Waals surface area contributed by atoms with Crippen LogP contribution in [0.4, 0.5) is 0 Å². The van der Waals surface area contributed by atoms with Crippen LogP contribution in [-0.2, 0) is 9.53 Å². The number of carbonyl (C=O) groups is 2. The Morgan fingerprint density at radius 2 is 2.21 bits per heavy atom. The maximum absolute atomic E-state index is 12.4. The lowest BCUT2D eigenvalue weighted by Gasteiger charge is -2.17. The SMILES string of the molecule is COC(=O)C1CCN(C(=O)c2cc(Cl)ccc2I)C1. The zero-order valence-electron chi connectivity index (χ0n) is 10.4. The van der Waals surface area contributed by atoms with Crippen molar-refractivity contribution in [2.24, 2.45) is 5.92 Å². The van der Waals surface area contributed by atoms with Gasteiger partial charge in [-0.3, -0.25) is 9.59 Å². The van der Waals surface area contributed by atoms with Crippen molar-refractivity contribution >= 4 is 46.1 Å². The third kappa shape index (κ3) is 3.20. The molecule has 0 N–H and O–H groups in total. The Bertz CT molecular complexity index is 521. The summed E-state index contributed by atoms with van der Waals surface area (Å²) in [4.78, 5) is 25.5. The normalized spacial score (nSPS) is 18.5. The fourth-order valence-electron chi connectivity index (χ4n) is 2.14. The van der Waals surface area contributed by atoms with Gasteiger partial charge in [0.15, 0.2) is 0 Å². The number of nitrogens with zero attached hydrogens (tertiary/aromatic N) is 1. The molecule has 2 rings (SSSR count). The predicted octanol–water partition coefficient (Wildman–Crippen LogP) is 2.58. The highest BCUT2D eigenvalue weighted by Crippen LogP contribution is 2.24. The highest BCUT2D eigenvalue weighted by Gasteiger charge is 2.32. The number of ether oxygens (including phenoxy) is 1. The van der Waals surface area contributed by atoms with Gasteiger partial charge in [0.05, 0.1) is 18.6 Å². The van der Waals surface area contributed by atoms with E-state index in [0.29, 0.717) is 30.1 Å². The molecule has 0 aliphatic carbocycles. The summed E-state index contributed by atoms with van der Waals surface area (Å²) < 4.78 is 5.57. The molecule has 1 aliphatic heterocycles. The number of halogens is 2. The number of esters is 1. The van der Waals surface area contributed by atoms with Crippen molar-refractivity contribution in [3.63, 3.8) is 0 Å². The zero-order chi connectivity index (χ0) is 14.0. The van der Waals surface area contributed by atoms with Gasteiger partial charge in [0, 0.05) is 21.7 Å². The molecule has 1 aromatic rings. The van der Waals surface area contributed by atoms with E-state index in [1.165, 1.54) is 7.11 Å². The molecule has 1 aromatic carbocycles. The van der Waals surface area contributed by atoms with Crippen LogP contribution >= 0.6 is 34.2 Å². The number of carbonyl (C=O) groups excluding carboxylic acids is 2. The van der Waals surface area contributed by atoms with Crippen LogP contribution in [0, 0.1) is 9.49 Å². The molecule has 0 aromatic heterocycles. The summed E-state index contributed by atoms with van der Waals surface area (Å²) in [5.41, 5.74) is 0.582. The summed E-state index contributed by atoms with van der Waals surface area (Å²) in [6.07, 6.45) is 0.648. The second kappa shape index (κ2) is 6.09. The van der Waals surface area contributed by atoms with Crippen LogP contribution in [0.25, 0.3) is 0 Å². The van der Waals surface area contributed by atoms with Crippen molar-refractivity contribution < 1.29 is 14.3 Å². The molecule has 1 unspecified atom stereocenters. The Kier molecular flexibility index (Phi) is 4.67. The largest absolute Gasteiger partial charge is 0.469 e. The van der Waals surface area contributed by atoms with E-state index in [0.717, 1.165) is 3.57 Å². The fraction of sp³-hybridized carbons (Fsp3) is 0.385. The van der Waals surface area contributed by atoms with Crippen LogP contribution in [0.2, 0.25) is 5.02 Å². The van der Waals surface area contributed by atoms with Crippen molar-refractivity contribution in [2.75, 3.05) is 20.2 Å². The minimum Gasteiger partial charge on any atom is -0.469 e. The van der Waals surface area contributed by atoms with Gasteiger partial charge in [0.2, 0.25) is 0 Å². The van der Waals surface area contributed by atoms with Crippen molar-refractivity contribution in [3.8, 4) is 0 Å². The van der Waals surface area contributed by atoms with Crippen LogP contribution in [0.3, 0.4) is 0 Å². The number of benzene rings is 1. The first-order valence-corrected chi connectivity index (χ1v) is 7.30. The summed E-state index contributed by atoms with van der Waals surface area (Å²) >= 11 is 8.03. The number of methoxy groups -OCH3 is 1. The lowest BCUT2D eigenvalue weighted by atomic mass is 10.1. The molecule has 0 bridgehead atoms. The average molecular weight is 394 g/mol. The van der Waals surface area contributed by atoms with Gasteiger partial charge >= 0.3 is 5.97 Å². The first kappa shape index (κ1) is 14.6. The van der Waals surface area contributed by atoms with Gasteiger partial charge in [0.25, 0.3) is 5.91 Å². The second-order valence-corrected chi connectivity index (χ2v) is 5.98. The first-order valence-electron chi connectivity index (χ1n) is 5.85. The van der Waals surface area contributed by atoms with Gasteiger partial charge in [-0.1, -0.05) is 11.6 Å². The summed E-state index contributed by atoms with van der Waals surface area (Å²) in [6, 6.07) is 5.22. The molecular weight excluding hydrogens is 381 g/mol. The molecule has 1 amide bonds. The highest BCUT2D eigenvalue weighted by molar-refractivity contribution is 14.1. The summed E-state index contributed by atoms with van der Waals surface area (Å²) in [5.74, 6) is -0.555. The van der Waals surface area contributed by atoms with Crippen LogP contribution in [-0.4, -0.2) is 37.0 Å². The van der Waals surface area contributed by atoms with E-state index in [1.54, 1.807) is 17.0 Å². The Morgan fingerprint density at radius 1 is 1.47 bits per heavy atom. The average Bonchev–Trinajstić information content (AvgIpc) is 2.89. The maximum Gasteiger partial charge on any atom is 0.310 e. The van der Waals surface area contributed by atoms with Crippen molar-refractivity contribution in [3.05, 3.63) is 32.4 Å². The summed E-state index contributed by atoms with van der Waals surface area (Å²) in [6.45, 7) is 0.981. The molecule has 1 aliphatic rings. The number of hydrogen-bond donors (Lipinski definition) is 0. The predicted molar refractivity (Wildman–Crippen MR) is 80.2 cm³/mol. The standard InChI is InChI=1S/C13H13ClINO3/c1-19-13(18)8-4-5-16(7-8)12(17)10-6-9(14)2-3-11(10)15/h2-3,6,8H,4-5,7H2,1H3. The van der Waals surface area contributed by atoms with Crippen molar-refractivity contribution in [2.45, 2.75) is 6.42 Å². The van der Waals surface area contributed by atoms with E-state index in [-0.39, 0.29) is 17.8 Å². The van der Waals surface area contributed by atoms with Gasteiger partial charge in [-0.05, 0) is 47.2 Å². The van der Waals surface area contributed by atoms with Gasteiger partial charge in [-0.25, -0.2) is 0 Å². The van der Waals surface area contributed by atoms with Gasteiger partial charge < -0.3 is 9.64 Å². The van der Waals surface area contributed by atoms with Crippen LogP contribution in [0.1, 0.15) is 16.8 Å². The van der Waals surface area contributed by atoms with Crippen molar-refractivity contribution in [1.82, 2.24) is 4.90 Å². The minimum absolute atomic E-state index is 0.0849. The van der Waals surface area contributed by atoms with E-state index in [4.69, 9.17) is 16.3 Å². The molecular formula is C13H13ClINO3. The minimum atomic E-state index is -0.254. The molecule has 1 heterocycles. The Labute approximate surface area is 130 Å². The molecule has 0 spiro atoms. The molecule has 0 saturated carbocycles. The third-order valence-corrected chi connectivity index (χ3v) is 4.34. The van der Waals surface area contributed by atoms with E-state index in [2.05, 4.69) is 22.6 Å². The molecule has 19 heavy (non-hydrogen) atoms. The number of likely N-dealkylation sites (tertiary alicyclic amines) is 1. The van der Waals surface area contributed by atoms with E-state index in [9.17, 15) is 9.59 Å². The van der Waals surface area contributed by atoms with Crippen molar-refractivity contribution in [1.29, 1.82) is 0 Å². The maximum atomic E-state index is 12.4. The second-order valence-electron chi connectivity index (χ2n) is 4.38. The monoisotopic (exact) mass is 393 g/mol. The number of amides is 1. The lowest BCUT2D eigenvalue weighted by Crippen LogP contribution is -2.30. The lowest BCUT2D eigenvalue weighted by molar-refractivity contribution is -0.144. The Hall–Kier alpha value is -0.820. The topological polar surface area (TPSA) is 46.6 Å². The quantitative estimate of drug-likeness (QED) is 0.573. The van der Waals surface area contributed by atoms with Crippen LogP contribution in [0.15, 0.2) is 18.2 Å². The molecule has 1 fully saturated rings. The number of rotatable bonds is 2. The van der Waals surface area contributed by atoms with Crippen LogP contribution < -0.4 is 0 Å².